The number of nitrogens with zero attached hydrogens (tertiary/aromatic N) is 2. The van der Waals surface area contributed by atoms with Crippen molar-refractivity contribution in [2.45, 2.75) is 19.4 Å². The highest BCUT2D eigenvalue weighted by Gasteiger charge is 2.35. The van der Waals surface area contributed by atoms with Crippen LogP contribution in [0.5, 0.6) is 0 Å². The summed E-state index contributed by atoms with van der Waals surface area (Å²) in [5.41, 5.74) is 8.95. The molecule has 1 amide bonds. The smallest absolute Gasteiger partial charge is 0.248 e. The molecule has 3 atom stereocenters. The van der Waals surface area contributed by atoms with Gasteiger partial charge in [0.2, 0.25) is 5.91 Å². The van der Waals surface area contributed by atoms with Gasteiger partial charge in [-0.05, 0) is 30.4 Å². The summed E-state index contributed by atoms with van der Waals surface area (Å²) in [7, 11) is 3.91. The van der Waals surface area contributed by atoms with Gasteiger partial charge in [-0.2, -0.15) is 0 Å². The van der Waals surface area contributed by atoms with E-state index < -0.39 is 6.04 Å². The molecule has 0 saturated heterocycles. The highest BCUT2D eigenvalue weighted by Crippen LogP contribution is 2.40. The first-order valence-corrected chi connectivity index (χ1v) is 6.87. The van der Waals surface area contributed by atoms with Crippen LogP contribution in [0.4, 0.5) is 11.4 Å². The van der Waals surface area contributed by atoms with Gasteiger partial charge in [0, 0.05) is 31.9 Å². The van der Waals surface area contributed by atoms with Crippen molar-refractivity contribution in [1.29, 1.82) is 0 Å². The molecule has 0 radical (unpaired) electrons. The van der Waals surface area contributed by atoms with E-state index in [4.69, 9.17) is 5.73 Å². The van der Waals surface area contributed by atoms with E-state index >= 15 is 0 Å². The van der Waals surface area contributed by atoms with Crippen molar-refractivity contribution < 1.29 is 4.79 Å². The van der Waals surface area contributed by atoms with E-state index in [2.05, 4.69) is 31.0 Å². The number of benzene rings is 1. The van der Waals surface area contributed by atoms with Crippen LogP contribution in [0.25, 0.3) is 0 Å². The fraction of sp³-hybridized carbons (Fsp3) is 0.533. The molecule has 1 heterocycles. The van der Waals surface area contributed by atoms with Crippen molar-refractivity contribution in [1.82, 2.24) is 0 Å². The Morgan fingerprint density at radius 2 is 2.16 bits per heavy atom. The summed E-state index contributed by atoms with van der Waals surface area (Å²) >= 11 is 0. The molecule has 102 valence electrons. The van der Waals surface area contributed by atoms with Gasteiger partial charge >= 0.3 is 0 Å². The van der Waals surface area contributed by atoms with E-state index in [1.54, 1.807) is 11.9 Å². The van der Waals surface area contributed by atoms with E-state index in [0.717, 1.165) is 35.3 Å². The quantitative estimate of drug-likeness (QED) is 0.899. The predicted octanol–water partition coefficient (Wildman–Crippen LogP) is 1.75. The molecule has 0 spiro atoms. The Kier molecular flexibility index (Phi) is 2.78. The van der Waals surface area contributed by atoms with Gasteiger partial charge in [-0.25, -0.2) is 0 Å². The third kappa shape index (κ3) is 2.00. The Morgan fingerprint density at radius 1 is 1.47 bits per heavy atom. The van der Waals surface area contributed by atoms with Gasteiger partial charge in [0.1, 0.15) is 6.04 Å². The van der Waals surface area contributed by atoms with Gasteiger partial charge in [0.25, 0.3) is 0 Å². The number of likely N-dealkylation sites (N-methyl/N-ethyl adjacent to an activating group) is 1. The molecule has 4 nitrogen and oxygen atoms in total. The second-order valence-corrected chi connectivity index (χ2v) is 5.97. The number of hydrogen-bond acceptors (Lipinski definition) is 3. The first kappa shape index (κ1) is 12.5. The minimum Gasteiger partial charge on any atom is -0.374 e. The Balaban J connectivity index is 1.84. The maximum absolute atomic E-state index is 11.9. The monoisotopic (exact) mass is 259 g/mol. The first-order chi connectivity index (χ1) is 8.99. The van der Waals surface area contributed by atoms with E-state index in [9.17, 15) is 4.79 Å². The number of nitrogens with two attached hydrogens (primary N) is 1. The average molecular weight is 259 g/mol. The zero-order chi connectivity index (χ0) is 13.7. The summed E-state index contributed by atoms with van der Waals surface area (Å²) in [5.74, 6) is 1.65. The zero-order valence-electron chi connectivity index (χ0n) is 11.8. The topological polar surface area (TPSA) is 49.6 Å². The van der Waals surface area contributed by atoms with Crippen LogP contribution < -0.4 is 15.5 Å². The number of rotatable bonds is 3. The minimum atomic E-state index is -0.497. The predicted molar refractivity (Wildman–Crippen MR) is 77.3 cm³/mol. The summed E-state index contributed by atoms with van der Waals surface area (Å²) in [6.45, 7) is 3.39. The van der Waals surface area contributed by atoms with Crippen LogP contribution in [0.3, 0.4) is 0 Å². The summed E-state index contributed by atoms with van der Waals surface area (Å²) in [4.78, 5) is 15.8. The number of fused-ring (bicyclic) bond motifs is 1. The lowest BCUT2D eigenvalue weighted by Gasteiger charge is -2.21. The molecular formula is C15H21N3O. The molecule has 2 aliphatic rings. The Bertz CT molecular complexity index is 528. The van der Waals surface area contributed by atoms with Crippen molar-refractivity contribution in [2.24, 2.45) is 17.6 Å². The van der Waals surface area contributed by atoms with Gasteiger partial charge in [-0.15, -0.1) is 0 Å². The molecule has 1 aliphatic carbocycles. The number of anilines is 2. The van der Waals surface area contributed by atoms with E-state index in [1.165, 1.54) is 6.42 Å². The highest BCUT2D eigenvalue weighted by atomic mass is 16.2. The molecule has 0 aromatic heterocycles. The molecule has 1 fully saturated rings. The fourth-order valence-corrected chi connectivity index (χ4v) is 2.89. The van der Waals surface area contributed by atoms with Gasteiger partial charge in [0.05, 0.1) is 5.69 Å². The molecule has 2 N–H and O–H groups in total. The molecule has 3 unspecified atom stereocenters. The molecular weight excluding hydrogens is 238 g/mol. The van der Waals surface area contributed by atoms with E-state index in [0.29, 0.717) is 0 Å². The largest absolute Gasteiger partial charge is 0.374 e. The van der Waals surface area contributed by atoms with Crippen molar-refractivity contribution in [3.05, 3.63) is 23.8 Å². The standard InChI is InChI=1S/C15H21N3O/c1-9-6-10(9)8-17(2)11-4-5-12-13(7-11)18(3)15(19)14(12)16/h4-5,7,9-10,14H,6,8,16H2,1-3H3. The normalized spacial score (nSPS) is 28.5. The first-order valence-electron chi connectivity index (χ1n) is 6.87. The maximum Gasteiger partial charge on any atom is 0.248 e. The van der Waals surface area contributed by atoms with Crippen LogP contribution >= 0.6 is 0 Å². The number of amides is 1. The van der Waals surface area contributed by atoms with Crippen LogP contribution in [0.1, 0.15) is 24.9 Å². The van der Waals surface area contributed by atoms with Crippen LogP contribution in [0.15, 0.2) is 18.2 Å². The van der Waals surface area contributed by atoms with Gasteiger partial charge < -0.3 is 15.5 Å². The summed E-state index contributed by atoms with van der Waals surface area (Å²) in [5, 5.41) is 0. The fourth-order valence-electron chi connectivity index (χ4n) is 2.89. The molecule has 1 aromatic rings. The van der Waals surface area contributed by atoms with Gasteiger partial charge in [-0.3, -0.25) is 4.79 Å². The molecule has 19 heavy (non-hydrogen) atoms. The maximum atomic E-state index is 11.9. The summed E-state index contributed by atoms with van der Waals surface area (Å²) < 4.78 is 0. The van der Waals surface area contributed by atoms with Crippen molar-refractivity contribution in [2.75, 3.05) is 30.4 Å². The second-order valence-electron chi connectivity index (χ2n) is 5.97. The van der Waals surface area contributed by atoms with Crippen LogP contribution in [-0.4, -0.2) is 26.5 Å². The van der Waals surface area contributed by atoms with E-state index in [1.807, 2.05) is 6.07 Å². The van der Waals surface area contributed by atoms with Crippen LogP contribution in [-0.2, 0) is 4.79 Å². The minimum absolute atomic E-state index is 0.0226. The lowest BCUT2D eigenvalue weighted by molar-refractivity contribution is -0.118. The number of hydrogen-bond donors (Lipinski definition) is 1. The van der Waals surface area contributed by atoms with Crippen LogP contribution in [0, 0.1) is 11.8 Å². The molecule has 3 rings (SSSR count). The van der Waals surface area contributed by atoms with Crippen LogP contribution in [0.2, 0.25) is 0 Å². The highest BCUT2D eigenvalue weighted by molar-refractivity contribution is 6.04. The van der Waals surface area contributed by atoms with Crippen molar-refractivity contribution in [3.8, 4) is 0 Å². The lowest BCUT2D eigenvalue weighted by Crippen LogP contribution is -2.27. The van der Waals surface area contributed by atoms with Gasteiger partial charge in [-0.1, -0.05) is 13.0 Å². The third-order valence-corrected chi connectivity index (χ3v) is 4.53. The van der Waals surface area contributed by atoms with E-state index in [-0.39, 0.29) is 5.91 Å². The SMILES string of the molecule is CC1CC1CN(C)c1ccc2c(c1)N(C)C(=O)C2N. The Morgan fingerprint density at radius 3 is 2.79 bits per heavy atom. The van der Waals surface area contributed by atoms with Crippen molar-refractivity contribution >= 4 is 17.3 Å². The molecule has 1 aliphatic heterocycles. The third-order valence-electron chi connectivity index (χ3n) is 4.53. The molecule has 1 aromatic carbocycles. The average Bonchev–Trinajstić information content (AvgIpc) is 3.05. The van der Waals surface area contributed by atoms with Crippen molar-refractivity contribution in [3.63, 3.8) is 0 Å². The summed E-state index contributed by atoms with van der Waals surface area (Å²) in [6, 6.07) is 5.64. The number of carbonyl (C=O) groups is 1. The Hall–Kier alpha value is -1.55. The number of carbonyl (C=O) groups excluding carboxylic acids is 1. The zero-order valence-corrected chi connectivity index (χ0v) is 11.8. The summed E-state index contributed by atoms with van der Waals surface area (Å²) in [6.07, 6.45) is 1.33. The molecule has 1 saturated carbocycles. The van der Waals surface area contributed by atoms with Gasteiger partial charge in [0.15, 0.2) is 0 Å². The molecule has 4 heteroatoms. The molecule has 0 bridgehead atoms. The lowest BCUT2D eigenvalue weighted by atomic mass is 10.1. The second kappa shape index (κ2) is 4.23. The Labute approximate surface area is 114 Å².